The molecule has 0 saturated carbocycles. The third kappa shape index (κ3) is 2.61. The van der Waals surface area contributed by atoms with E-state index in [4.69, 9.17) is 5.41 Å². The molecule has 1 saturated heterocycles. The molecule has 0 aromatic carbocycles. The molecule has 1 heterocycles. The summed E-state index contributed by atoms with van der Waals surface area (Å²) in [6, 6.07) is 0. The number of guanidine groups is 1. The van der Waals surface area contributed by atoms with Crippen LogP contribution in [0.2, 0.25) is 0 Å². The van der Waals surface area contributed by atoms with Gasteiger partial charge >= 0.3 is 0 Å². The Morgan fingerprint density at radius 1 is 1.55 bits per heavy atom. The maximum absolute atomic E-state index is 7.48. The summed E-state index contributed by atoms with van der Waals surface area (Å²) < 4.78 is 2.21. The second-order valence-corrected chi connectivity index (χ2v) is 5.43. The van der Waals surface area contributed by atoms with Gasteiger partial charge in [-0.15, -0.1) is 0 Å². The lowest BCUT2D eigenvalue weighted by Gasteiger charge is -2.24. The van der Waals surface area contributed by atoms with E-state index in [1.54, 1.807) is 11.9 Å². The first-order chi connectivity index (χ1) is 4.99. The highest BCUT2D eigenvalue weighted by molar-refractivity contribution is 7.98. The smallest absolute Gasteiger partial charge is 0.201 e. The van der Waals surface area contributed by atoms with Crippen LogP contribution in [0.15, 0.2) is 0 Å². The number of hydrogen-bond donors (Lipinski definition) is 2. The number of rotatable bonds is 1. The Hall–Kier alpha value is -0.380. The molecule has 0 atom stereocenters. The summed E-state index contributed by atoms with van der Waals surface area (Å²) in [5.74, 6) is 0.546. The average molecular weight is 173 g/mol. The summed E-state index contributed by atoms with van der Waals surface area (Å²) >= 11 is 1.72. The highest BCUT2D eigenvalue weighted by atomic mass is 32.2. The van der Waals surface area contributed by atoms with Crippen LogP contribution < -0.4 is 5.32 Å². The van der Waals surface area contributed by atoms with E-state index in [1.165, 1.54) is 0 Å². The standard InChI is InChI=1S/C7H15N3S/c1-7(2,3)11-10-5-4-9-6(10)8/h4-5H2,1-3H3,(H2,8,9). The maximum Gasteiger partial charge on any atom is 0.201 e. The van der Waals surface area contributed by atoms with Crippen molar-refractivity contribution in [2.45, 2.75) is 25.5 Å². The summed E-state index contributed by atoms with van der Waals surface area (Å²) in [6.07, 6.45) is 0. The molecule has 0 bridgehead atoms. The van der Waals surface area contributed by atoms with Gasteiger partial charge in [0.2, 0.25) is 5.96 Å². The molecule has 3 nitrogen and oxygen atoms in total. The average Bonchev–Trinajstić information content (AvgIpc) is 2.12. The van der Waals surface area contributed by atoms with E-state index in [9.17, 15) is 0 Å². The molecule has 0 aromatic rings. The summed E-state index contributed by atoms with van der Waals surface area (Å²) in [5.41, 5.74) is 0. The summed E-state index contributed by atoms with van der Waals surface area (Å²) in [7, 11) is 0. The van der Waals surface area contributed by atoms with Crippen LogP contribution in [0.4, 0.5) is 0 Å². The van der Waals surface area contributed by atoms with Gasteiger partial charge in [-0.25, -0.2) is 0 Å². The van der Waals surface area contributed by atoms with E-state index in [0.717, 1.165) is 13.1 Å². The van der Waals surface area contributed by atoms with Crippen LogP contribution in [0.5, 0.6) is 0 Å². The third-order valence-corrected chi connectivity index (χ3v) is 2.37. The Balaban J connectivity index is 2.43. The molecule has 11 heavy (non-hydrogen) atoms. The van der Waals surface area contributed by atoms with E-state index in [0.29, 0.717) is 5.96 Å². The fourth-order valence-electron chi connectivity index (χ4n) is 0.898. The topological polar surface area (TPSA) is 39.1 Å². The Morgan fingerprint density at radius 2 is 2.18 bits per heavy atom. The van der Waals surface area contributed by atoms with Gasteiger partial charge in [-0.3, -0.25) is 9.71 Å². The summed E-state index contributed by atoms with van der Waals surface area (Å²) in [5, 5.41) is 10.5. The van der Waals surface area contributed by atoms with Crippen LogP contribution in [0, 0.1) is 5.41 Å². The Morgan fingerprint density at radius 3 is 2.55 bits per heavy atom. The second-order valence-electron chi connectivity index (χ2n) is 3.58. The van der Waals surface area contributed by atoms with Crippen LogP contribution in [-0.2, 0) is 0 Å². The zero-order valence-corrected chi connectivity index (χ0v) is 8.09. The zero-order valence-electron chi connectivity index (χ0n) is 7.27. The van der Waals surface area contributed by atoms with E-state index >= 15 is 0 Å². The number of nitrogens with one attached hydrogen (secondary N) is 2. The van der Waals surface area contributed by atoms with Crippen molar-refractivity contribution in [2.24, 2.45) is 0 Å². The minimum absolute atomic E-state index is 0.207. The third-order valence-electron chi connectivity index (χ3n) is 1.24. The molecule has 2 N–H and O–H groups in total. The molecule has 64 valence electrons. The van der Waals surface area contributed by atoms with Crippen molar-refractivity contribution >= 4 is 17.9 Å². The van der Waals surface area contributed by atoms with Gasteiger partial charge < -0.3 is 5.32 Å². The highest BCUT2D eigenvalue weighted by Gasteiger charge is 2.22. The van der Waals surface area contributed by atoms with Gasteiger partial charge in [0.1, 0.15) is 0 Å². The summed E-state index contributed by atoms with van der Waals surface area (Å²) in [4.78, 5) is 0. The van der Waals surface area contributed by atoms with Gasteiger partial charge in [-0.05, 0) is 32.7 Å². The first-order valence-corrected chi connectivity index (χ1v) is 4.55. The molecule has 1 aliphatic heterocycles. The van der Waals surface area contributed by atoms with Gasteiger partial charge in [0.05, 0.1) is 0 Å². The minimum atomic E-state index is 0.207. The van der Waals surface area contributed by atoms with Crippen molar-refractivity contribution < 1.29 is 0 Å². The first kappa shape index (κ1) is 8.71. The van der Waals surface area contributed by atoms with Crippen LogP contribution in [0.1, 0.15) is 20.8 Å². The summed E-state index contributed by atoms with van der Waals surface area (Å²) in [6.45, 7) is 8.32. The van der Waals surface area contributed by atoms with E-state index in [1.807, 2.05) is 4.31 Å². The molecule has 1 rings (SSSR count). The van der Waals surface area contributed by atoms with Gasteiger partial charge in [-0.2, -0.15) is 0 Å². The SMILES string of the molecule is CC(C)(C)SN1CCNC1=N. The van der Waals surface area contributed by atoms with E-state index in [2.05, 4.69) is 26.1 Å². The lowest BCUT2D eigenvalue weighted by atomic mass is 10.3. The normalized spacial score (nSPS) is 18.8. The van der Waals surface area contributed by atoms with E-state index in [-0.39, 0.29) is 4.75 Å². The second kappa shape index (κ2) is 2.93. The Kier molecular flexibility index (Phi) is 2.32. The van der Waals surface area contributed by atoms with Crippen LogP contribution >= 0.6 is 11.9 Å². The molecule has 0 amide bonds. The highest BCUT2D eigenvalue weighted by Crippen LogP contribution is 2.27. The largest absolute Gasteiger partial charge is 0.354 e. The van der Waals surface area contributed by atoms with Gasteiger partial charge in [0.25, 0.3) is 0 Å². The predicted octanol–water partition coefficient (Wildman–Crippen LogP) is 1.27. The molecule has 0 aromatic heterocycles. The predicted molar refractivity (Wildman–Crippen MR) is 49.8 cm³/mol. The van der Waals surface area contributed by atoms with Gasteiger partial charge in [-0.1, -0.05) is 0 Å². The quantitative estimate of drug-likeness (QED) is 0.587. The first-order valence-electron chi connectivity index (χ1n) is 3.78. The molecule has 0 spiro atoms. The molecular formula is C7H15N3S. The van der Waals surface area contributed by atoms with Crippen molar-refractivity contribution in [2.75, 3.05) is 13.1 Å². The lowest BCUT2D eigenvalue weighted by Crippen LogP contribution is -2.27. The van der Waals surface area contributed by atoms with Gasteiger partial charge in [0.15, 0.2) is 0 Å². The van der Waals surface area contributed by atoms with Crippen molar-refractivity contribution in [3.8, 4) is 0 Å². The van der Waals surface area contributed by atoms with Crippen LogP contribution in [0.25, 0.3) is 0 Å². The Labute approximate surface area is 72.2 Å². The van der Waals surface area contributed by atoms with Gasteiger partial charge in [0, 0.05) is 17.8 Å². The van der Waals surface area contributed by atoms with Crippen molar-refractivity contribution in [3.63, 3.8) is 0 Å². The lowest BCUT2D eigenvalue weighted by molar-refractivity contribution is 0.699. The van der Waals surface area contributed by atoms with Crippen LogP contribution in [-0.4, -0.2) is 28.1 Å². The molecule has 1 fully saturated rings. The fourth-order valence-corrected chi connectivity index (χ4v) is 1.90. The minimum Gasteiger partial charge on any atom is -0.354 e. The monoisotopic (exact) mass is 173 g/mol. The maximum atomic E-state index is 7.48. The van der Waals surface area contributed by atoms with Crippen molar-refractivity contribution in [3.05, 3.63) is 0 Å². The molecule has 1 aliphatic rings. The van der Waals surface area contributed by atoms with Crippen molar-refractivity contribution in [1.29, 1.82) is 5.41 Å². The Bertz CT molecular complexity index is 162. The molecule has 0 radical (unpaired) electrons. The van der Waals surface area contributed by atoms with Crippen LogP contribution in [0.3, 0.4) is 0 Å². The molecular weight excluding hydrogens is 158 g/mol. The number of nitrogens with zero attached hydrogens (tertiary/aromatic N) is 1. The molecule has 0 aliphatic carbocycles. The number of hydrogen-bond acceptors (Lipinski definition) is 2. The van der Waals surface area contributed by atoms with Crippen molar-refractivity contribution in [1.82, 2.24) is 9.62 Å². The fraction of sp³-hybridized carbons (Fsp3) is 0.857. The van der Waals surface area contributed by atoms with E-state index < -0.39 is 0 Å². The molecule has 0 unspecified atom stereocenters. The zero-order chi connectivity index (χ0) is 8.48. The molecule has 4 heteroatoms.